The molecule has 0 aromatic rings. The highest BCUT2D eigenvalue weighted by Gasteiger charge is 2.21. The Morgan fingerprint density at radius 3 is 2.55 bits per heavy atom. The Labute approximate surface area is 67.0 Å². The lowest BCUT2D eigenvalue weighted by Crippen LogP contribution is -2.15. The van der Waals surface area contributed by atoms with E-state index in [0.717, 1.165) is 12.8 Å². The van der Waals surface area contributed by atoms with Crippen LogP contribution in [0.2, 0.25) is 0 Å². The fourth-order valence-corrected chi connectivity index (χ4v) is 1.70. The monoisotopic (exact) mass is 158 g/mol. The Bertz CT molecular complexity index is 138. The van der Waals surface area contributed by atoms with Crippen LogP contribution in [0.5, 0.6) is 0 Å². The van der Waals surface area contributed by atoms with Crippen LogP contribution in [-0.2, 0) is 4.79 Å². The highest BCUT2D eigenvalue weighted by Crippen LogP contribution is 2.29. The van der Waals surface area contributed by atoms with Crippen LogP contribution >= 0.6 is 0 Å². The Hall–Kier alpha value is -0.400. The van der Waals surface area contributed by atoms with Gasteiger partial charge in [-0.1, -0.05) is 25.7 Å². The Kier molecular flexibility index (Phi) is 3.03. The van der Waals surface area contributed by atoms with Crippen molar-refractivity contribution >= 4 is 5.78 Å². The van der Waals surface area contributed by atoms with Gasteiger partial charge in [0.2, 0.25) is 0 Å². The predicted octanol–water partition coefficient (Wildman–Crippen LogP) is 2.49. The van der Waals surface area contributed by atoms with Crippen LogP contribution in [0.3, 0.4) is 0 Å². The topological polar surface area (TPSA) is 17.1 Å². The van der Waals surface area contributed by atoms with Crippen molar-refractivity contribution in [2.75, 3.05) is 0 Å². The van der Waals surface area contributed by atoms with Crippen LogP contribution in [0.1, 0.15) is 39.0 Å². The van der Waals surface area contributed by atoms with E-state index < -0.39 is 6.17 Å². The van der Waals surface area contributed by atoms with Gasteiger partial charge in [-0.25, -0.2) is 4.39 Å². The van der Waals surface area contributed by atoms with Crippen LogP contribution in [0.4, 0.5) is 4.39 Å². The third kappa shape index (κ3) is 2.60. The second-order valence-electron chi connectivity index (χ2n) is 3.46. The molecule has 0 aromatic carbocycles. The summed E-state index contributed by atoms with van der Waals surface area (Å²) in [5.74, 6) is 0.172. The van der Waals surface area contributed by atoms with E-state index in [1.165, 1.54) is 19.8 Å². The zero-order valence-electron chi connectivity index (χ0n) is 6.98. The molecule has 0 spiro atoms. The Morgan fingerprint density at radius 2 is 2.09 bits per heavy atom. The molecule has 1 atom stereocenters. The minimum atomic E-state index is -1.20. The minimum absolute atomic E-state index is 0.308. The average Bonchev–Trinajstić information content (AvgIpc) is 2.39. The zero-order chi connectivity index (χ0) is 8.27. The van der Waals surface area contributed by atoms with E-state index in [1.54, 1.807) is 0 Å². The summed E-state index contributed by atoms with van der Waals surface area (Å²) in [6, 6.07) is 0. The Balaban J connectivity index is 2.23. The lowest BCUT2D eigenvalue weighted by Gasteiger charge is -2.09. The summed E-state index contributed by atoms with van der Waals surface area (Å²) in [5.41, 5.74) is 0. The lowest BCUT2D eigenvalue weighted by molar-refractivity contribution is -0.122. The number of carbonyl (C=O) groups is 1. The molecule has 64 valence electrons. The second-order valence-corrected chi connectivity index (χ2v) is 3.46. The van der Waals surface area contributed by atoms with Crippen LogP contribution in [0, 0.1) is 5.92 Å². The molecular formula is C9H15FO. The number of alkyl halides is 1. The fourth-order valence-electron chi connectivity index (χ4n) is 1.70. The summed E-state index contributed by atoms with van der Waals surface area (Å²) in [7, 11) is 0. The smallest absolute Gasteiger partial charge is 0.163 e. The van der Waals surface area contributed by atoms with Crippen molar-refractivity contribution in [2.45, 2.75) is 45.2 Å². The first kappa shape index (κ1) is 8.69. The lowest BCUT2D eigenvalue weighted by atomic mass is 9.99. The van der Waals surface area contributed by atoms with Gasteiger partial charge in [0.05, 0.1) is 0 Å². The predicted molar refractivity (Wildman–Crippen MR) is 42.2 cm³/mol. The molecule has 0 heterocycles. The second kappa shape index (κ2) is 3.84. The van der Waals surface area contributed by atoms with E-state index in [4.69, 9.17) is 0 Å². The van der Waals surface area contributed by atoms with E-state index in [2.05, 4.69) is 0 Å². The summed E-state index contributed by atoms with van der Waals surface area (Å²) < 4.78 is 12.8. The summed E-state index contributed by atoms with van der Waals surface area (Å²) in [6.45, 7) is 1.33. The van der Waals surface area contributed by atoms with Crippen molar-refractivity contribution in [3.8, 4) is 0 Å². The largest absolute Gasteiger partial charge is 0.297 e. The third-order valence-corrected chi connectivity index (χ3v) is 2.46. The molecule has 1 fully saturated rings. The number of carbonyl (C=O) groups excluding carboxylic acids is 1. The van der Waals surface area contributed by atoms with Crippen LogP contribution < -0.4 is 0 Å². The standard InChI is InChI=1S/C9H15FO/c1-7(11)9(10)6-8-4-2-3-5-8/h8-9H,2-6H2,1H3. The van der Waals surface area contributed by atoms with Gasteiger partial charge >= 0.3 is 0 Å². The van der Waals surface area contributed by atoms with Crippen LogP contribution in [0.25, 0.3) is 0 Å². The summed E-state index contributed by atoms with van der Waals surface area (Å²) in [4.78, 5) is 10.6. The first-order valence-electron chi connectivity index (χ1n) is 4.34. The van der Waals surface area contributed by atoms with Crippen molar-refractivity contribution in [3.63, 3.8) is 0 Å². The molecule has 1 aliphatic carbocycles. The molecule has 0 aliphatic heterocycles. The van der Waals surface area contributed by atoms with Gasteiger partial charge in [0.25, 0.3) is 0 Å². The van der Waals surface area contributed by atoms with E-state index in [0.29, 0.717) is 12.3 Å². The molecule has 0 saturated heterocycles. The fraction of sp³-hybridized carbons (Fsp3) is 0.889. The first-order valence-corrected chi connectivity index (χ1v) is 4.34. The van der Waals surface area contributed by atoms with E-state index in [9.17, 15) is 9.18 Å². The van der Waals surface area contributed by atoms with Crippen LogP contribution in [0.15, 0.2) is 0 Å². The molecule has 1 unspecified atom stereocenters. The first-order chi connectivity index (χ1) is 5.20. The van der Waals surface area contributed by atoms with E-state index in [-0.39, 0.29) is 5.78 Å². The number of rotatable bonds is 3. The van der Waals surface area contributed by atoms with Gasteiger partial charge in [0.15, 0.2) is 12.0 Å². The van der Waals surface area contributed by atoms with Gasteiger partial charge in [0, 0.05) is 0 Å². The summed E-state index contributed by atoms with van der Waals surface area (Å²) in [6.07, 6.45) is 3.94. The number of Topliss-reactive ketones (excluding diaryl/α,β-unsaturated/α-hetero) is 1. The molecule has 0 bridgehead atoms. The van der Waals surface area contributed by atoms with Crippen molar-refractivity contribution < 1.29 is 9.18 Å². The van der Waals surface area contributed by atoms with Crippen LogP contribution in [-0.4, -0.2) is 12.0 Å². The molecule has 1 rings (SSSR count). The van der Waals surface area contributed by atoms with Gasteiger partial charge in [-0.2, -0.15) is 0 Å². The van der Waals surface area contributed by atoms with Gasteiger partial charge < -0.3 is 0 Å². The SMILES string of the molecule is CC(=O)C(F)CC1CCCC1. The molecule has 0 amide bonds. The van der Waals surface area contributed by atoms with Gasteiger partial charge in [-0.15, -0.1) is 0 Å². The molecule has 0 radical (unpaired) electrons. The molecule has 2 heteroatoms. The van der Waals surface area contributed by atoms with Gasteiger partial charge in [0.1, 0.15) is 0 Å². The van der Waals surface area contributed by atoms with E-state index in [1.807, 2.05) is 0 Å². The highest BCUT2D eigenvalue weighted by molar-refractivity contribution is 5.80. The van der Waals surface area contributed by atoms with Crippen molar-refractivity contribution in [1.29, 1.82) is 0 Å². The van der Waals surface area contributed by atoms with E-state index >= 15 is 0 Å². The summed E-state index contributed by atoms with van der Waals surface area (Å²) >= 11 is 0. The van der Waals surface area contributed by atoms with Crippen molar-refractivity contribution in [3.05, 3.63) is 0 Å². The maximum Gasteiger partial charge on any atom is 0.163 e. The number of ketones is 1. The highest BCUT2D eigenvalue weighted by atomic mass is 19.1. The van der Waals surface area contributed by atoms with Gasteiger partial charge in [-0.05, 0) is 19.3 Å². The zero-order valence-corrected chi connectivity index (χ0v) is 6.98. The maximum absolute atomic E-state index is 12.8. The number of hydrogen-bond donors (Lipinski definition) is 0. The number of hydrogen-bond acceptors (Lipinski definition) is 1. The van der Waals surface area contributed by atoms with Gasteiger partial charge in [-0.3, -0.25) is 4.79 Å². The molecule has 0 N–H and O–H groups in total. The molecular weight excluding hydrogens is 143 g/mol. The quantitative estimate of drug-likeness (QED) is 0.616. The summed E-state index contributed by atoms with van der Waals surface area (Å²) in [5, 5.41) is 0. The molecule has 0 aromatic heterocycles. The molecule has 1 saturated carbocycles. The van der Waals surface area contributed by atoms with Crippen molar-refractivity contribution in [1.82, 2.24) is 0 Å². The Morgan fingerprint density at radius 1 is 1.55 bits per heavy atom. The average molecular weight is 158 g/mol. The molecule has 1 nitrogen and oxygen atoms in total. The maximum atomic E-state index is 12.8. The van der Waals surface area contributed by atoms with Crippen molar-refractivity contribution in [2.24, 2.45) is 5.92 Å². The molecule has 11 heavy (non-hydrogen) atoms. The number of halogens is 1. The minimum Gasteiger partial charge on any atom is -0.297 e. The normalized spacial score (nSPS) is 22.0. The third-order valence-electron chi connectivity index (χ3n) is 2.46. The molecule has 1 aliphatic rings.